The number of anilines is 1. The second-order valence-electron chi connectivity index (χ2n) is 5.85. The molecule has 0 spiro atoms. The van der Waals surface area contributed by atoms with Crippen LogP contribution in [0.25, 0.3) is 5.82 Å². The number of carbonyl (C=O) groups is 1. The van der Waals surface area contributed by atoms with Gasteiger partial charge in [0.05, 0.1) is 18.2 Å². The van der Waals surface area contributed by atoms with Crippen LogP contribution in [0.2, 0.25) is 0 Å². The molecular weight excluding hydrogens is 310 g/mol. The summed E-state index contributed by atoms with van der Waals surface area (Å²) >= 11 is 0. The van der Waals surface area contributed by atoms with Crippen LogP contribution < -0.4 is 5.73 Å². The normalized spacial score (nSPS) is 20.2. The summed E-state index contributed by atoms with van der Waals surface area (Å²) in [6.45, 7) is 1.94. The molecule has 2 aromatic rings. The number of nitrogens with two attached hydrogens (primary N) is 1. The monoisotopic (exact) mass is 327 g/mol. The van der Waals surface area contributed by atoms with Crippen LogP contribution >= 0.6 is 0 Å². The smallest absolute Gasteiger partial charge is 0.274 e. The zero-order valence-electron chi connectivity index (χ0n) is 13.0. The Morgan fingerprint density at radius 2 is 2.29 bits per heavy atom. The summed E-state index contributed by atoms with van der Waals surface area (Å²) in [5.41, 5.74) is 7.48. The number of hydrogen-bond acceptors (Lipinski definition) is 7. The van der Waals surface area contributed by atoms with Gasteiger partial charge >= 0.3 is 0 Å². The Labute approximate surface area is 138 Å². The molecule has 9 heteroatoms. The Morgan fingerprint density at radius 3 is 3.04 bits per heavy atom. The van der Waals surface area contributed by atoms with Crippen molar-refractivity contribution >= 4 is 17.9 Å². The Bertz CT molecular complexity index is 810. The second kappa shape index (κ2) is 5.68. The minimum Gasteiger partial charge on any atom is -0.383 e. The SMILES string of the molecule is N=Cc1c(N)ncnc1-n1cc2c(n1)C(=O)N(C1CCOC1)CC2. The highest BCUT2D eigenvalue weighted by atomic mass is 16.5. The van der Waals surface area contributed by atoms with E-state index in [1.165, 1.54) is 11.0 Å². The largest absolute Gasteiger partial charge is 0.383 e. The predicted molar refractivity (Wildman–Crippen MR) is 85.4 cm³/mol. The van der Waals surface area contributed by atoms with Gasteiger partial charge in [-0.05, 0) is 12.8 Å². The molecule has 1 saturated heterocycles. The van der Waals surface area contributed by atoms with Gasteiger partial charge in [0, 0.05) is 31.1 Å². The molecule has 124 valence electrons. The third-order valence-corrected chi connectivity index (χ3v) is 4.48. The summed E-state index contributed by atoms with van der Waals surface area (Å²) in [5.74, 6) is 0.527. The van der Waals surface area contributed by atoms with Crippen LogP contribution in [0.4, 0.5) is 5.82 Å². The first-order valence-corrected chi connectivity index (χ1v) is 7.77. The highest BCUT2D eigenvalue weighted by Crippen LogP contribution is 2.24. The maximum Gasteiger partial charge on any atom is 0.274 e. The van der Waals surface area contributed by atoms with Gasteiger partial charge in [0.1, 0.15) is 12.1 Å². The number of ether oxygens (including phenoxy) is 1. The third kappa shape index (κ3) is 2.24. The lowest BCUT2D eigenvalue weighted by atomic mass is 10.0. The van der Waals surface area contributed by atoms with Crippen LogP contribution in [-0.2, 0) is 11.2 Å². The van der Waals surface area contributed by atoms with Crippen molar-refractivity contribution in [1.29, 1.82) is 5.41 Å². The molecule has 2 aromatic heterocycles. The van der Waals surface area contributed by atoms with Gasteiger partial charge in [-0.1, -0.05) is 0 Å². The average Bonchev–Trinajstić information content (AvgIpc) is 3.24. The maximum atomic E-state index is 12.8. The molecular formula is C15H17N7O2. The lowest BCUT2D eigenvalue weighted by molar-refractivity contribution is 0.0629. The van der Waals surface area contributed by atoms with Crippen molar-refractivity contribution in [1.82, 2.24) is 24.6 Å². The molecule has 0 aromatic carbocycles. The number of nitrogens with one attached hydrogen (secondary N) is 1. The number of rotatable bonds is 3. The van der Waals surface area contributed by atoms with Crippen LogP contribution in [-0.4, -0.2) is 62.6 Å². The van der Waals surface area contributed by atoms with Gasteiger partial charge in [0.25, 0.3) is 5.91 Å². The lowest BCUT2D eigenvalue weighted by Crippen LogP contribution is -2.45. The van der Waals surface area contributed by atoms with Crippen LogP contribution in [0.3, 0.4) is 0 Å². The summed E-state index contributed by atoms with van der Waals surface area (Å²) in [4.78, 5) is 22.6. The van der Waals surface area contributed by atoms with Crippen molar-refractivity contribution in [2.24, 2.45) is 0 Å². The van der Waals surface area contributed by atoms with Crippen LogP contribution in [0.1, 0.15) is 28.0 Å². The summed E-state index contributed by atoms with van der Waals surface area (Å²) in [6, 6.07) is 0.127. The van der Waals surface area contributed by atoms with E-state index in [-0.39, 0.29) is 17.8 Å². The summed E-state index contributed by atoms with van der Waals surface area (Å²) in [5, 5.41) is 11.9. The molecule has 2 aliphatic heterocycles. The molecule has 1 amide bonds. The van der Waals surface area contributed by atoms with Crippen molar-refractivity contribution in [2.45, 2.75) is 18.9 Å². The first kappa shape index (κ1) is 14.8. The molecule has 2 aliphatic rings. The highest BCUT2D eigenvalue weighted by Gasteiger charge is 2.34. The minimum absolute atomic E-state index is 0.0797. The van der Waals surface area contributed by atoms with E-state index in [1.807, 2.05) is 4.90 Å². The first-order chi connectivity index (χ1) is 11.7. The molecule has 9 nitrogen and oxygen atoms in total. The van der Waals surface area contributed by atoms with Crippen molar-refractivity contribution in [2.75, 3.05) is 25.5 Å². The molecule has 0 saturated carbocycles. The molecule has 0 radical (unpaired) electrons. The molecule has 4 rings (SSSR count). The Hall–Kier alpha value is -2.81. The number of carbonyl (C=O) groups excluding carboxylic acids is 1. The maximum absolute atomic E-state index is 12.8. The van der Waals surface area contributed by atoms with E-state index in [4.69, 9.17) is 15.9 Å². The van der Waals surface area contributed by atoms with Gasteiger partial charge in [-0.25, -0.2) is 14.6 Å². The quantitative estimate of drug-likeness (QED) is 0.767. The van der Waals surface area contributed by atoms with Crippen molar-refractivity contribution < 1.29 is 9.53 Å². The molecule has 1 unspecified atom stereocenters. The predicted octanol–water partition coefficient (Wildman–Crippen LogP) is 0.0294. The number of hydrogen-bond donors (Lipinski definition) is 2. The molecule has 3 N–H and O–H groups in total. The summed E-state index contributed by atoms with van der Waals surface area (Å²) in [7, 11) is 0. The first-order valence-electron chi connectivity index (χ1n) is 7.77. The number of fused-ring (bicyclic) bond motifs is 1. The van der Waals surface area contributed by atoms with Crippen molar-refractivity contribution in [3.63, 3.8) is 0 Å². The second-order valence-corrected chi connectivity index (χ2v) is 5.85. The van der Waals surface area contributed by atoms with Crippen LogP contribution in [0.5, 0.6) is 0 Å². The summed E-state index contributed by atoms with van der Waals surface area (Å²) in [6.07, 6.45) is 5.79. The number of nitrogen functional groups attached to an aromatic ring is 1. The molecule has 1 atom stereocenters. The fraction of sp³-hybridized carbons (Fsp3) is 0.400. The lowest BCUT2D eigenvalue weighted by Gasteiger charge is -2.30. The zero-order valence-corrected chi connectivity index (χ0v) is 13.0. The zero-order chi connectivity index (χ0) is 16.7. The fourth-order valence-electron chi connectivity index (χ4n) is 3.20. The van der Waals surface area contributed by atoms with Gasteiger partial charge < -0.3 is 20.8 Å². The molecule has 24 heavy (non-hydrogen) atoms. The molecule has 0 bridgehead atoms. The van der Waals surface area contributed by atoms with Crippen molar-refractivity contribution in [3.8, 4) is 5.82 Å². The van der Waals surface area contributed by atoms with E-state index in [9.17, 15) is 4.79 Å². The third-order valence-electron chi connectivity index (χ3n) is 4.48. The highest BCUT2D eigenvalue weighted by molar-refractivity contribution is 5.95. The van der Waals surface area contributed by atoms with Gasteiger partial charge in [-0.3, -0.25) is 4.79 Å². The van der Waals surface area contributed by atoms with Crippen LogP contribution in [0, 0.1) is 5.41 Å². The van der Waals surface area contributed by atoms with E-state index in [0.717, 1.165) is 24.6 Å². The summed E-state index contributed by atoms with van der Waals surface area (Å²) < 4.78 is 6.90. The molecule has 4 heterocycles. The number of nitrogens with zero attached hydrogens (tertiary/aromatic N) is 5. The van der Waals surface area contributed by atoms with E-state index < -0.39 is 0 Å². The Kier molecular flexibility index (Phi) is 3.49. The van der Waals surface area contributed by atoms with Gasteiger partial charge in [-0.2, -0.15) is 5.10 Å². The Balaban J connectivity index is 1.71. The van der Waals surface area contributed by atoms with E-state index in [1.54, 1.807) is 6.20 Å². The van der Waals surface area contributed by atoms with Crippen molar-refractivity contribution in [3.05, 3.63) is 29.3 Å². The van der Waals surface area contributed by atoms with E-state index in [2.05, 4.69) is 15.1 Å². The van der Waals surface area contributed by atoms with E-state index in [0.29, 0.717) is 36.8 Å². The fourth-order valence-corrected chi connectivity index (χ4v) is 3.20. The topological polar surface area (TPSA) is 123 Å². The Morgan fingerprint density at radius 1 is 1.42 bits per heavy atom. The van der Waals surface area contributed by atoms with Crippen LogP contribution in [0.15, 0.2) is 12.5 Å². The minimum atomic E-state index is -0.0797. The number of amides is 1. The van der Waals surface area contributed by atoms with Gasteiger partial charge in [0.2, 0.25) is 0 Å². The molecule has 0 aliphatic carbocycles. The average molecular weight is 327 g/mol. The van der Waals surface area contributed by atoms with Gasteiger partial charge in [-0.15, -0.1) is 0 Å². The standard InChI is InChI=1S/C15H17N7O2/c16-5-11-13(17)18-8-19-14(11)22-6-9-1-3-21(10-2-4-24-7-10)15(23)12(9)20-22/h5-6,8,10,16H,1-4,7H2,(H2,17,18,19). The molecule has 1 fully saturated rings. The number of aromatic nitrogens is 4. The van der Waals surface area contributed by atoms with E-state index >= 15 is 0 Å². The van der Waals surface area contributed by atoms with Gasteiger partial charge in [0.15, 0.2) is 11.5 Å².